The first-order valence-electron chi connectivity index (χ1n) is 12.1. The number of hydrogen-bond donors (Lipinski definition) is 0. The fraction of sp³-hybridized carbons (Fsp3) is 0.321. The van der Waals surface area contributed by atoms with Gasteiger partial charge in [0.2, 0.25) is 0 Å². The Hall–Kier alpha value is -3.89. The summed E-state index contributed by atoms with van der Waals surface area (Å²) < 4.78 is 29.1. The van der Waals surface area contributed by atoms with Crippen molar-refractivity contribution >= 4 is 23.4 Å². The highest BCUT2D eigenvalue weighted by atomic mass is 32.1. The van der Waals surface area contributed by atoms with Crippen molar-refractivity contribution in [3.05, 3.63) is 84.5 Å². The summed E-state index contributed by atoms with van der Waals surface area (Å²) in [7, 11) is 4.65. The molecule has 1 atom stereocenters. The molecule has 1 unspecified atom stereocenters. The molecule has 1 aliphatic heterocycles. The lowest BCUT2D eigenvalue weighted by Gasteiger charge is -2.26. The van der Waals surface area contributed by atoms with Crippen LogP contribution < -0.4 is 29.1 Å². The smallest absolute Gasteiger partial charge is 0.338 e. The van der Waals surface area contributed by atoms with E-state index < -0.39 is 12.0 Å². The highest BCUT2D eigenvalue weighted by Crippen LogP contribution is 2.35. The zero-order valence-corrected chi connectivity index (χ0v) is 22.8. The van der Waals surface area contributed by atoms with Crippen LogP contribution in [0.5, 0.6) is 17.2 Å². The second-order valence-electron chi connectivity index (χ2n) is 8.30. The van der Waals surface area contributed by atoms with E-state index in [1.807, 2.05) is 37.3 Å². The number of aromatic nitrogens is 1. The van der Waals surface area contributed by atoms with E-state index in [-0.39, 0.29) is 24.3 Å². The van der Waals surface area contributed by atoms with Gasteiger partial charge in [0.25, 0.3) is 5.56 Å². The molecule has 1 aliphatic rings. The SMILES string of the molecule is CCOc1ccc(C=c2sc3n(c2=O)C(c2ccccc2OC)C(C(=O)OCCOC)=C(C)N=3)cc1OC. The molecule has 0 saturated carbocycles. The number of carbonyl (C=O) groups excluding carboxylic acids is 1. The average molecular weight is 539 g/mol. The molecule has 38 heavy (non-hydrogen) atoms. The number of para-hydroxylation sites is 1. The number of thiazole rings is 1. The Morgan fingerprint density at radius 2 is 1.82 bits per heavy atom. The van der Waals surface area contributed by atoms with E-state index in [1.54, 1.807) is 39.4 Å². The van der Waals surface area contributed by atoms with E-state index in [4.69, 9.17) is 23.7 Å². The maximum absolute atomic E-state index is 13.9. The number of methoxy groups -OCH3 is 3. The second kappa shape index (κ2) is 12.1. The van der Waals surface area contributed by atoms with Crippen LogP contribution in [0.1, 0.15) is 31.0 Å². The molecule has 0 bridgehead atoms. The van der Waals surface area contributed by atoms with Crippen molar-refractivity contribution < 1.29 is 28.5 Å². The number of rotatable bonds is 10. The summed E-state index contributed by atoms with van der Waals surface area (Å²) in [6.45, 7) is 4.48. The van der Waals surface area contributed by atoms with Gasteiger partial charge in [-0.2, -0.15) is 0 Å². The summed E-state index contributed by atoms with van der Waals surface area (Å²) in [5.74, 6) is 1.17. The monoisotopic (exact) mass is 538 g/mol. The number of carbonyl (C=O) groups is 1. The highest BCUT2D eigenvalue weighted by Gasteiger charge is 2.35. The molecule has 9 nitrogen and oxygen atoms in total. The van der Waals surface area contributed by atoms with Crippen LogP contribution >= 0.6 is 11.3 Å². The maximum Gasteiger partial charge on any atom is 0.338 e. The van der Waals surface area contributed by atoms with Crippen LogP contribution in [0.15, 0.2) is 63.5 Å². The number of nitrogens with zero attached hydrogens (tertiary/aromatic N) is 2. The molecule has 200 valence electrons. The Bertz CT molecular complexity index is 1540. The average Bonchev–Trinajstić information content (AvgIpc) is 3.22. The Morgan fingerprint density at radius 3 is 2.53 bits per heavy atom. The van der Waals surface area contributed by atoms with Gasteiger partial charge in [0, 0.05) is 12.7 Å². The Balaban J connectivity index is 1.89. The highest BCUT2D eigenvalue weighted by molar-refractivity contribution is 7.07. The molecular formula is C28H30N2O7S. The number of hydrogen-bond acceptors (Lipinski definition) is 9. The number of allylic oxidation sites excluding steroid dienone is 1. The van der Waals surface area contributed by atoms with Crippen LogP contribution in [-0.2, 0) is 14.3 Å². The van der Waals surface area contributed by atoms with Crippen LogP contribution in [-0.4, -0.2) is 51.7 Å². The molecule has 0 radical (unpaired) electrons. The number of ether oxygens (including phenoxy) is 5. The summed E-state index contributed by atoms with van der Waals surface area (Å²) in [4.78, 5) is 32.2. The first-order chi connectivity index (χ1) is 18.4. The van der Waals surface area contributed by atoms with Crippen LogP contribution in [0.4, 0.5) is 0 Å². The van der Waals surface area contributed by atoms with Gasteiger partial charge in [0.15, 0.2) is 16.3 Å². The van der Waals surface area contributed by atoms with Gasteiger partial charge < -0.3 is 23.7 Å². The van der Waals surface area contributed by atoms with Crippen LogP contribution in [0.25, 0.3) is 6.08 Å². The molecule has 0 saturated heterocycles. The largest absolute Gasteiger partial charge is 0.496 e. The van der Waals surface area contributed by atoms with Gasteiger partial charge >= 0.3 is 5.97 Å². The van der Waals surface area contributed by atoms with Crippen molar-refractivity contribution in [2.24, 2.45) is 4.99 Å². The third kappa shape index (κ3) is 5.36. The maximum atomic E-state index is 13.9. The van der Waals surface area contributed by atoms with Crippen LogP contribution in [0.3, 0.4) is 0 Å². The van der Waals surface area contributed by atoms with Gasteiger partial charge in [-0.05, 0) is 43.7 Å². The first kappa shape index (κ1) is 27.2. The van der Waals surface area contributed by atoms with Crippen molar-refractivity contribution in [2.45, 2.75) is 19.9 Å². The van der Waals surface area contributed by atoms with E-state index in [1.165, 1.54) is 23.0 Å². The lowest BCUT2D eigenvalue weighted by atomic mass is 9.95. The third-order valence-electron chi connectivity index (χ3n) is 5.98. The molecule has 10 heteroatoms. The van der Waals surface area contributed by atoms with E-state index in [0.717, 1.165) is 5.56 Å². The molecule has 2 heterocycles. The lowest BCUT2D eigenvalue weighted by Crippen LogP contribution is -2.40. The van der Waals surface area contributed by atoms with Crippen molar-refractivity contribution in [1.29, 1.82) is 0 Å². The quantitative estimate of drug-likeness (QED) is 0.289. The topological polar surface area (TPSA) is 97.6 Å². The minimum absolute atomic E-state index is 0.0781. The van der Waals surface area contributed by atoms with E-state index in [9.17, 15) is 9.59 Å². The zero-order chi connectivity index (χ0) is 27.2. The van der Waals surface area contributed by atoms with E-state index >= 15 is 0 Å². The Kier molecular flexibility index (Phi) is 8.65. The van der Waals surface area contributed by atoms with Gasteiger partial charge in [0.1, 0.15) is 18.4 Å². The van der Waals surface area contributed by atoms with E-state index in [2.05, 4.69) is 4.99 Å². The van der Waals surface area contributed by atoms with Crippen molar-refractivity contribution in [2.75, 3.05) is 41.2 Å². The predicted octanol–water partition coefficient (Wildman–Crippen LogP) is 2.84. The third-order valence-corrected chi connectivity index (χ3v) is 6.96. The molecule has 4 rings (SSSR count). The second-order valence-corrected chi connectivity index (χ2v) is 9.30. The normalized spacial score (nSPS) is 15.1. The molecule has 3 aromatic rings. The first-order valence-corrected chi connectivity index (χ1v) is 12.9. The molecular weight excluding hydrogens is 508 g/mol. The standard InChI is InChI=1S/C28H30N2O7S/c1-6-36-21-12-11-18(15-22(21)35-5)16-23-26(31)30-25(19-9-7-8-10-20(19)34-4)24(17(2)29-28(30)38-23)27(32)37-14-13-33-3/h7-12,15-16,25H,6,13-14H2,1-5H3. The lowest BCUT2D eigenvalue weighted by molar-refractivity contribution is -0.140. The van der Waals surface area contributed by atoms with Gasteiger partial charge in [-0.3, -0.25) is 9.36 Å². The fourth-order valence-electron chi connectivity index (χ4n) is 4.26. The van der Waals surface area contributed by atoms with Gasteiger partial charge in [-0.1, -0.05) is 35.6 Å². The Labute approximate surface area is 224 Å². The molecule has 0 fully saturated rings. The predicted molar refractivity (Wildman–Crippen MR) is 144 cm³/mol. The van der Waals surface area contributed by atoms with Crippen LogP contribution in [0.2, 0.25) is 0 Å². The summed E-state index contributed by atoms with van der Waals surface area (Å²) >= 11 is 1.24. The van der Waals surface area contributed by atoms with Crippen molar-refractivity contribution in [3.63, 3.8) is 0 Å². The zero-order valence-electron chi connectivity index (χ0n) is 22.0. The molecule has 0 aliphatic carbocycles. The molecule has 0 spiro atoms. The van der Waals surface area contributed by atoms with Crippen molar-refractivity contribution in [1.82, 2.24) is 4.57 Å². The fourth-order valence-corrected chi connectivity index (χ4v) is 5.31. The minimum atomic E-state index is -0.783. The summed E-state index contributed by atoms with van der Waals surface area (Å²) in [5, 5.41) is 0. The summed E-state index contributed by atoms with van der Waals surface area (Å²) in [5.41, 5.74) is 1.87. The number of fused-ring (bicyclic) bond motifs is 1. The Morgan fingerprint density at radius 1 is 1.05 bits per heavy atom. The molecule has 1 aromatic heterocycles. The van der Waals surface area contributed by atoms with Gasteiger partial charge in [-0.25, -0.2) is 9.79 Å². The molecule has 2 aromatic carbocycles. The van der Waals surface area contributed by atoms with E-state index in [0.29, 0.717) is 44.4 Å². The van der Waals surface area contributed by atoms with Crippen molar-refractivity contribution in [3.8, 4) is 17.2 Å². The minimum Gasteiger partial charge on any atom is -0.496 e. The summed E-state index contributed by atoms with van der Waals surface area (Å²) in [6, 6.07) is 12.0. The van der Waals surface area contributed by atoms with Gasteiger partial charge in [-0.15, -0.1) is 0 Å². The van der Waals surface area contributed by atoms with Gasteiger partial charge in [0.05, 0.1) is 43.2 Å². The summed E-state index contributed by atoms with van der Waals surface area (Å²) in [6.07, 6.45) is 1.78. The number of benzene rings is 2. The molecule has 0 amide bonds. The molecule has 0 N–H and O–H groups in total. The van der Waals surface area contributed by atoms with Crippen LogP contribution in [0, 0.1) is 0 Å². The number of esters is 1.